The Kier molecular flexibility index (Phi) is 6.65. The number of carbonyl (C=O) groups excluding carboxylic acids is 3. The van der Waals surface area contributed by atoms with Crippen molar-refractivity contribution in [2.45, 2.75) is 0 Å². The first-order valence-electron chi connectivity index (χ1n) is 7.87. The number of imide groups is 1. The Morgan fingerprint density at radius 2 is 1.89 bits per heavy atom. The zero-order valence-electron chi connectivity index (χ0n) is 14.4. The van der Waals surface area contributed by atoms with Crippen molar-refractivity contribution in [3.8, 4) is 5.75 Å². The van der Waals surface area contributed by atoms with Crippen LogP contribution in [-0.4, -0.2) is 35.5 Å². The number of Topliss-reactive ketones (excluding diaryl/α,β-unsaturated/α-hetero) is 1. The van der Waals surface area contributed by atoms with Crippen LogP contribution in [0.5, 0.6) is 5.75 Å². The van der Waals surface area contributed by atoms with Crippen LogP contribution in [0.15, 0.2) is 50.2 Å². The number of benzene rings is 2. The topological polar surface area (TPSA) is 63.7 Å². The largest absolute Gasteiger partial charge is 0.495 e. The Balaban J connectivity index is 1.85. The van der Waals surface area contributed by atoms with Crippen LogP contribution in [-0.2, 0) is 4.79 Å². The van der Waals surface area contributed by atoms with E-state index < -0.39 is 11.1 Å². The highest BCUT2D eigenvalue weighted by molar-refractivity contribution is 9.11. The maximum absolute atomic E-state index is 12.7. The molecule has 0 spiro atoms. The van der Waals surface area contributed by atoms with Crippen molar-refractivity contribution in [2.24, 2.45) is 0 Å². The van der Waals surface area contributed by atoms with Gasteiger partial charge in [0, 0.05) is 20.6 Å². The van der Waals surface area contributed by atoms with Crippen molar-refractivity contribution in [3.05, 3.63) is 66.4 Å². The number of amides is 2. The standard InChI is InChI=1S/C19H12Br2ClNO4S/c1-27-17-11(6-12(20)8-14(17)21)7-16-18(25)23(19(26)28-16)9-15(24)10-2-4-13(22)5-3-10/h2-8H,9H2,1H3/b16-7+. The summed E-state index contributed by atoms with van der Waals surface area (Å²) in [7, 11) is 1.52. The van der Waals surface area contributed by atoms with Gasteiger partial charge in [-0.25, -0.2) is 0 Å². The second-order valence-corrected chi connectivity index (χ2v) is 8.91. The van der Waals surface area contributed by atoms with Crippen LogP contribution < -0.4 is 4.74 Å². The second-order valence-electron chi connectivity index (χ2n) is 5.71. The molecule has 1 aliphatic rings. The number of hydrogen-bond donors (Lipinski definition) is 0. The molecule has 144 valence electrons. The van der Waals surface area contributed by atoms with E-state index in [1.165, 1.54) is 7.11 Å². The minimum atomic E-state index is -0.518. The van der Waals surface area contributed by atoms with Crippen LogP contribution in [0.25, 0.3) is 6.08 Å². The van der Waals surface area contributed by atoms with Crippen molar-refractivity contribution >= 4 is 78.2 Å². The molecule has 0 aliphatic carbocycles. The van der Waals surface area contributed by atoms with Gasteiger partial charge in [-0.2, -0.15) is 0 Å². The van der Waals surface area contributed by atoms with Crippen LogP contribution in [0.1, 0.15) is 15.9 Å². The number of ether oxygens (including phenoxy) is 1. The van der Waals surface area contributed by atoms with Crippen molar-refractivity contribution in [2.75, 3.05) is 13.7 Å². The molecule has 2 aromatic rings. The third-order valence-corrected chi connectivity index (χ3v) is 6.08. The van der Waals surface area contributed by atoms with Gasteiger partial charge in [0.05, 0.1) is 23.0 Å². The average molecular weight is 546 g/mol. The third-order valence-electron chi connectivity index (χ3n) is 3.87. The quantitative estimate of drug-likeness (QED) is 0.352. The van der Waals surface area contributed by atoms with E-state index in [2.05, 4.69) is 31.9 Å². The fraction of sp³-hybridized carbons (Fsp3) is 0.105. The number of thioether (sulfide) groups is 1. The van der Waals surface area contributed by atoms with Crippen molar-refractivity contribution in [3.63, 3.8) is 0 Å². The summed E-state index contributed by atoms with van der Waals surface area (Å²) >= 11 is 13.4. The number of carbonyl (C=O) groups is 3. The minimum absolute atomic E-state index is 0.220. The Morgan fingerprint density at radius 1 is 1.21 bits per heavy atom. The van der Waals surface area contributed by atoms with Gasteiger partial charge in [-0.15, -0.1) is 0 Å². The summed E-state index contributed by atoms with van der Waals surface area (Å²) in [6, 6.07) is 9.87. The number of hydrogen-bond acceptors (Lipinski definition) is 5. The molecule has 9 heteroatoms. The van der Waals surface area contributed by atoms with E-state index in [-0.39, 0.29) is 17.2 Å². The van der Waals surface area contributed by atoms with E-state index in [4.69, 9.17) is 16.3 Å². The lowest BCUT2D eigenvalue weighted by Gasteiger charge is -2.11. The van der Waals surface area contributed by atoms with E-state index in [0.29, 0.717) is 26.4 Å². The first-order valence-corrected chi connectivity index (χ1v) is 10.7. The van der Waals surface area contributed by atoms with Crippen LogP contribution in [0.2, 0.25) is 5.02 Å². The van der Waals surface area contributed by atoms with Gasteiger partial charge in [0.1, 0.15) is 5.75 Å². The predicted molar refractivity (Wildman–Crippen MR) is 117 cm³/mol. The maximum Gasteiger partial charge on any atom is 0.293 e. The van der Waals surface area contributed by atoms with Gasteiger partial charge in [0.2, 0.25) is 0 Å². The van der Waals surface area contributed by atoms with Gasteiger partial charge in [0.15, 0.2) is 5.78 Å². The summed E-state index contributed by atoms with van der Waals surface area (Å²) in [6.45, 7) is -0.330. The zero-order chi connectivity index (χ0) is 20.4. The summed E-state index contributed by atoms with van der Waals surface area (Å²) in [4.78, 5) is 38.6. The Labute approximate surface area is 187 Å². The highest BCUT2D eigenvalue weighted by Gasteiger charge is 2.36. The van der Waals surface area contributed by atoms with Gasteiger partial charge >= 0.3 is 0 Å². The smallest absolute Gasteiger partial charge is 0.293 e. The lowest BCUT2D eigenvalue weighted by Crippen LogP contribution is -2.33. The molecule has 0 aromatic heterocycles. The predicted octanol–water partition coefficient (Wildman–Crippen LogP) is 5.79. The molecule has 2 amide bonds. The Bertz CT molecular complexity index is 1010. The summed E-state index contributed by atoms with van der Waals surface area (Å²) < 4.78 is 6.85. The number of ketones is 1. The van der Waals surface area contributed by atoms with Gasteiger partial charge in [-0.05, 0) is 70.2 Å². The molecular weight excluding hydrogens is 534 g/mol. The fourth-order valence-electron chi connectivity index (χ4n) is 2.55. The zero-order valence-corrected chi connectivity index (χ0v) is 19.1. The van der Waals surface area contributed by atoms with Gasteiger partial charge in [-0.3, -0.25) is 19.3 Å². The molecule has 5 nitrogen and oxygen atoms in total. The molecule has 0 bridgehead atoms. The average Bonchev–Trinajstić information content (AvgIpc) is 2.89. The number of rotatable bonds is 5. The highest BCUT2D eigenvalue weighted by Crippen LogP contribution is 2.38. The highest BCUT2D eigenvalue weighted by atomic mass is 79.9. The van der Waals surface area contributed by atoms with E-state index in [1.807, 2.05) is 6.07 Å². The summed E-state index contributed by atoms with van der Waals surface area (Å²) in [5.41, 5.74) is 1.00. The number of halogens is 3. The molecule has 0 N–H and O–H groups in total. The van der Waals surface area contributed by atoms with E-state index >= 15 is 0 Å². The van der Waals surface area contributed by atoms with Crippen molar-refractivity contribution in [1.82, 2.24) is 4.90 Å². The molecular formula is C19H12Br2ClNO4S. The van der Waals surface area contributed by atoms with Crippen LogP contribution in [0, 0.1) is 0 Å². The lowest BCUT2D eigenvalue weighted by atomic mass is 10.1. The Morgan fingerprint density at radius 3 is 2.54 bits per heavy atom. The monoisotopic (exact) mass is 543 g/mol. The van der Waals surface area contributed by atoms with Gasteiger partial charge in [0.25, 0.3) is 11.1 Å². The second kappa shape index (κ2) is 8.82. The summed E-state index contributed by atoms with van der Waals surface area (Å²) in [5.74, 6) is -0.328. The molecule has 0 atom stereocenters. The lowest BCUT2D eigenvalue weighted by molar-refractivity contribution is -0.122. The molecule has 1 heterocycles. The maximum atomic E-state index is 12.7. The first kappa shape index (κ1) is 21.1. The Hall–Kier alpha value is -1.61. The molecule has 2 aromatic carbocycles. The first-order chi connectivity index (χ1) is 13.3. The van der Waals surface area contributed by atoms with Crippen LogP contribution in [0.4, 0.5) is 4.79 Å². The molecule has 1 aliphatic heterocycles. The molecule has 1 saturated heterocycles. The normalized spacial score (nSPS) is 15.4. The van der Waals surface area contributed by atoms with Crippen LogP contribution in [0.3, 0.4) is 0 Å². The molecule has 28 heavy (non-hydrogen) atoms. The van der Waals surface area contributed by atoms with E-state index in [1.54, 1.807) is 36.4 Å². The SMILES string of the molecule is COc1c(Br)cc(Br)cc1/C=C1/SC(=O)N(CC(=O)c2ccc(Cl)cc2)C1=O. The van der Waals surface area contributed by atoms with Crippen molar-refractivity contribution < 1.29 is 19.1 Å². The molecule has 3 rings (SSSR count). The van der Waals surface area contributed by atoms with Crippen molar-refractivity contribution in [1.29, 1.82) is 0 Å². The van der Waals surface area contributed by atoms with Gasteiger partial charge < -0.3 is 4.74 Å². The number of nitrogens with zero attached hydrogens (tertiary/aromatic N) is 1. The van der Waals surface area contributed by atoms with E-state index in [0.717, 1.165) is 21.1 Å². The van der Waals surface area contributed by atoms with Gasteiger partial charge in [-0.1, -0.05) is 27.5 Å². The fourth-order valence-corrected chi connectivity index (χ4v) is 4.93. The molecule has 1 fully saturated rings. The molecule has 0 unspecified atom stereocenters. The third kappa shape index (κ3) is 4.51. The van der Waals surface area contributed by atoms with Crippen LogP contribution >= 0.6 is 55.2 Å². The number of methoxy groups -OCH3 is 1. The van der Waals surface area contributed by atoms with E-state index in [9.17, 15) is 14.4 Å². The molecule has 0 radical (unpaired) electrons. The minimum Gasteiger partial charge on any atom is -0.495 e. The summed E-state index contributed by atoms with van der Waals surface area (Å²) in [5, 5.41) is 0.00590. The summed E-state index contributed by atoms with van der Waals surface area (Å²) in [6.07, 6.45) is 1.58. The molecule has 0 saturated carbocycles.